The number of rotatable bonds is 1. The second-order valence-electron chi connectivity index (χ2n) is 1.67. The number of ether oxygens (including phenoxy) is 1. The minimum Gasteiger partial charge on any atom is -0.423 e. The molecule has 0 saturated carbocycles. The Labute approximate surface area is 96.0 Å². The zero-order chi connectivity index (χ0) is 13.4. The molecule has 1 heterocycles. The second kappa shape index (κ2) is 19.1. The molecule has 7 nitrogen and oxygen atoms in total. The van der Waals surface area contributed by atoms with Crippen LogP contribution in [0.4, 0.5) is 0 Å². The summed E-state index contributed by atoms with van der Waals surface area (Å²) in [6.07, 6.45) is 4.22. The van der Waals surface area contributed by atoms with Gasteiger partial charge in [0.15, 0.2) is 5.75 Å². The average molecular weight is 231 g/mol. The van der Waals surface area contributed by atoms with E-state index in [1.165, 1.54) is 46.8 Å². The first kappa shape index (κ1) is 19.9. The van der Waals surface area contributed by atoms with Gasteiger partial charge in [0.25, 0.3) is 0 Å². The molecule has 94 valence electrons. The summed E-state index contributed by atoms with van der Waals surface area (Å²) in [7, 11) is 4.50. The van der Waals surface area contributed by atoms with E-state index in [9.17, 15) is 4.79 Å². The van der Waals surface area contributed by atoms with Gasteiger partial charge in [0.1, 0.15) is 6.33 Å². The van der Waals surface area contributed by atoms with Crippen molar-refractivity contribution < 1.29 is 9.53 Å². The van der Waals surface area contributed by atoms with Crippen LogP contribution in [0.15, 0.2) is 18.7 Å². The Morgan fingerprint density at radius 3 is 1.75 bits per heavy atom. The summed E-state index contributed by atoms with van der Waals surface area (Å²) in [5.41, 5.74) is 13.5. The summed E-state index contributed by atoms with van der Waals surface area (Å²) in [4.78, 5) is 17.6. The van der Waals surface area contributed by atoms with Crippen LogP contribution in [0.25, 0.3) is 0 Å². The summed E-state index contributed by atoms with van der Waals surface area (Å²) in [6.45, 7) is 1.33. The fourth-order valence-corrected chi connectivity index (χ4v) is 0.504. The molecule has 16 heavy (non-hydrogen) atoms. The second-order valence-corrected chi connectivity index (χ2v) is 1.67. The van der Waals surface area contributed by atoms with E-state index in [4.69, 9.17) is 0 Å². The van der Waals surface area contributed by atoms with Crippen LogP contribution in [-0.4, -0.2) is 37.1 Å². The zero-order valence-electron chi connectivity index (χ0n) is 10.2. The van der Waals surface area contributed by atoms with Crippen molar-refractivity contribution in [2.24, 2.45) is 17.2 Å². The maximum Gasteiger partial charge on any atom is 0.308 e. The first-order valence-electron chi connectivity index (χ1n) is 4.45. The van der Waals surface area contributed by atoms with Crippen molar-refractivity contribution in [3.8, 4) is 5.75 Å². The Balaban J connectivity index is -0.000000245. The van der Waals surface area contributed by atoms with E-state index in [0.29, 0.717) is 5.75 Å². The highest BCUT2D eigenvalue weighted by atomic mass is 16.5. The van der Waals surface area contributed by atoms with Crippen LogP contribution in [0.3, 0.4) is 0 Å². The number of carbonyl (C=O) groups excluding carboxylic acids is 1. The monoisotopic (exact) mass is 231 g/mol. The van der Waals surface area contributed by atoms with Crippen LogP contribution in [0.5, 0.6) is 5.75 Å². The minimum absolute atomic E-state index is 0.366. The van der Waals surface area contributed by atoms with Crippen LogP contribution >= 0.6 is 0 Å². The van der Waals surface area contributed by atoms with Gasteiger partial charge < -0.3 is 21.9 Å². The van der Waals surface area contributed by atoms with Gasteiger partial charge in [-0.05, 0) is 21.1 Å². The van der Waals surface area contributed by atoms with Crippen molar-refractivity contribution in [1.29, 1.82) is 0 Å². The lowest BCUT2D eigenvalue weighted by Gasteiger charge is -1.95. The van der Waals surface area contributed by atoms with Gasteiger partial charge in [-0.25, -0.2) is 9.97 Å². The highest BCUT2D eigenvalue weighted by Crippen LogP contribution is 2.02. The van der Waals surface area contributed by atoms with Gasteiger partial charge in [-0.2, -0.15) is 0 Å². The van der Waals surface area contributed by atoms with Crippen LogP contribution in [0.1, 0.15) is 6.92 Å². The molecule has 0 unspecified atom stereocenters. The Morgan fingerprint density at radius 1 is 1.06 bits per heavy atom. The van der Waals surface area contributed by atoms with Gasteiger partial charge in [0.2, 0.25) is 0 Å². The lowest BCUT2D eigenvalue weighted by atomic mass is 10.6. The molecule has 0 radical (unpaired) electrons. The summed E-state index contributed by atoms with van der Waals surface area (Å²) >= 11 is 0. The number of hydrogen-bond acceptors (Lipinski definition) is 7. The molecule has 1 rings (SSSR count). The van der Waals surface area contributed by atoms with E-state index < -0.39 is 0 Å². The van der Waals surface area contributed by atoms with Crippen molar-refractivity contribution in [1.82, 2.24) is 9.97 Å². The summed E-state index contributed by atoms with van der Waals surface area (Å²) in [5.74, 6) is 0.00444. The Morgan fingerprint density at radius 2 is 1.44 bits per heavy atom. The van der Waals surface area contributed by atoms with Crippen LogP contribution < -0.4 is 21.9 Å². The van der Waals surface area contributed by atoms with E-state index in [2.05, 4.69) is 31.9 Å². The van der Waals surface area contributed by atoms with E-state index in [1.54, 1.807) is 0 Å². The van der Waals surface area contributed by atoms with Crippen LogP contribution in [0.2, 0.25) is 0 Å². The maximum absolute atomic E-state index is 10.3. The highest BCUT2D eigenvalue weighted by Gasteiger charge is 1.94. The number of aromatic nitrogens is 2. The molecular weight excluding hydrogens is 210 g/mol. The molecule has 7 heteroatoms. The third-order valence-electron chi connectivity index (χ3n) is 0.798. The lowest BCUT2D eigenvalue weighted by molar-refractivity contribution is -0.131. The average Bonchev–Trinajstić information content (AvgIpc) is 2.37. The summed E-state index contributed by atoms with van der Waals surface area (Å²) in [6, 6.07) is 0. The van der Waals surface area contributed by atoms with Crippen molar-refractivity contribution >= 4 is 5.97 Å². The molecule has 1 aromatic rings. The minimum atomic E-state index is -0.366. The largest absolute Gasteiger partial charge is 0.423 e. The van der Waals surface area contributed by atoms with E-state index in [1.807, 2.05) is 0 Å². The molecule has 0 aliphatic carbocycles. The normalized spacial score (nSPS) is 6.69. The van der Waals surface area contributed by atoms with Crippen molar-refractivity contribution in [2.75, 3.05) is 21.1 Å². The molecule has 0 amide bonds. The zero-order valence-corrected chi connectivity index (χ0v) is 10.2. The molecule has 0 spiro atoms. The maximum atomic E-state index is 10.3. The molecule has 0 atom stereocenters. The van der Waals surface area contributed by atoms with E-state index >= 15 is 0 Å². The smallest absolute Gasteiger partial charge is 0.308 e. The molecule has 0 bridgehead atoms. The van der Waals surface area contributed by atoms with Crippen LogP contribution in [-0.2, 0) is 4.79 Å². The summed E-state index contributed by atoms with van der Waals surface area (Å²) < 4.78 is 4.65. The molecule has 0 aliphatic heterocycles. The van der Waals surface area contributed by atoms with Gasteiger partial charge in [0.05, 0.1) is 12.4 Å². The van der Waals surface area contributed by atoms with E-state index in [-0.39, 0.29) is 5.97 Å². The van der Waals surface area contributed by atoms with Gasteiger partial charge in [-0.1, -0.05) is 0 Å². The first-order chi connectivity index (χ1) is 7.79. The Hall–Kier alpha value is -1.57. The fraction of sp³-hybridized carbons (Fsp3) is 0.444. The number of esters is 1. The van der Waals surface area contributed by atoms with Crippen molar-refractivity contribution in [2.45, 2.75) is 6.92 Å². The van der Waals surface area contributed by atoms with Gasteiger partial charge in [-0.3, -0.25) is 4.79 Å². The predicted octanol–water partition coefficient (Wildman–Crippen LogP) is -0.873. The van der Waals surface area contributed by atoms with Crippen molar-refractivity contribution in [3.05, 3.63) is 18.7 Å². The molecular formula is C9H21N5O2. The number of carbonyl (C=O) groups is 1. The van der Waals surface area contributed by atoms with Crippen LogP contribution in [0, 0.1) is 0 Å². The number of nitrogens with two attached hydrogens (primary N) is 3. The molecule has 0 aromatic carbocycles. The highest BCUT2D eigenvalue weighted by molar-refractivity contribution is 5.68. The SMILES string of the molecule is CC(=O)Oc1cncnc1.CN.CN.CN. The molecule has 0 saturated heterocycles. The van der Waals surface area contributed by atoms with Crippen molar-refractivity contribution in [3.63, 3.8) is 0 Å². The molecule has 6 N–H and O–H groups in total. The van der Waals surface area contributed by atoms with Gasteiger partial charge >= 0.3 is 5.97 Å². The lowest BCUT2D eigenvalue weighted by Crippen LogP contribution is -2.01. The summed E-state index contributed by atoms with van der Waals surface area (Å²) in [5, 5.41) is 0. The molecule has 1 aromatic heterocycles. The standard InChI is InChI=1S/C6H6N2O2.3CH5N/c1-5(9)10-6-2-7-4-8-3-6;3*1-2/h2-4H,1H3;3*2H2,1H3. The third kappa shape index (κ3) is 14.9. The molecule has 0 aliphatic rings. The van der Waals surface area contributed by atoms with Gasteiger partial charge in [-0.15, -0.1) is 0 Å². The number of hydrogen-bond donors (Lipinski definition) is 3. The quantitative estimate of drug-likeness (QED) is 0.535. The topological polar surface area (TPSA) is 130 Å². The molecule has 0 fully saturated rings. The van der Waals surface area contributed by atoms with Gasteiger partial charge in [0, 0.05) is 6.92 Å². The Bertz CT molecular complexity index is 231. The Kier molecular flexibility index (Phi) is 23.7. The third-order valence-corrected chi connectivity index (χ3v) is 0.798. The van der Waals surface area contributed by atoms with E-state index in [0.717, 1.165) is 0 Å². The number of nitrogens with zero attached hydrogens (tertiary/aromatic N) is 2. The first-order valence-corrected chi connectivity index (χ1v) is 4.45. The fourth-order valence-electron chi connectivity index (χ4n) is 0.504. The predicted molar refractivity (Wildman–Crippen MR) is 63.7 cm³/mol.